The first-order chi connectivity index (χ1) is 6.16. The van der Waals surface area contributed by atoms with Crippen LogP contribution in [-0.4, -0.2) is 21.6 Å². The van der Waals surface area contributed by atoms with E-state index < -0.39 is 0 Å². The molecule has 1 unspecified atom stereocenters. The summed E-state index contributed by atoms with van der Waals surface area (Å²) in [5.41, 5.74) is 6.88. The Balaban J connectivity index is 2.42. The second-order valence-corrected chi connectivity index (χ2v) is 3.73. The summed E-state index contributed by atoms with van der Waals surface area (Å²) >= 11 is 3.22. The molecular weight excluding hydrogens is 234 g/mol. The van der Waals surface area contributed by atoms with Gasteiger partial charge in [-0.3, -0.25) is 13.7 Å². The number of nitrogens with zero attached hydrogens (tertiary/aromatic N) is 2. The van der Waals surface area contributed by atoms with Gasteiger partial charge < -0.3 is 5.73 Å². The van der Waals surface area contributed by atoms with Gasteiger partial charge in [0.05, 0.1) is 27.4 Å². The minimum Gasteiger partial charge on any atom is -0.309 e. The first-order valence-electron chi connectivity index (χ1n) is 3.88. The van der Waals surface area contributed by atoms with Crippen molar-refractivity contribution in [1.29, 1.82) is 0 Å². The second-order valence-electron chi connectivity index (χ2n) is 2.91. The maximum atomic E-state index is 11.5. The van der Waals surface area contributed by atoms with Gasteiger partial charge in [-0.25, -0.2) is 0 Å². The number of carbonyl (C=O) groups is 1. The summed E-state index contributed by atoms with van der Waals surface area (Å²) in [4.78, 5) is 15.6. The van der Waals surface area contributed by atoms with Crippen LogP contribution >= 0.6 is 16.1 Å². The van der Waals surface area contributed by atoms with Gasteiger partial charge in [0.15, 0.2) is 5.78 Å². The average molecular weight is 242 g/mol. The Kier molecular flexibility index (Phi) is 2.05. The fourth-order valence-electron chi connectivity index (χ4n) is 1.32. The average Bonchev–Trinajstić information content (AvgIpc) is 2.06. The molecular formula is C8H8BrN3O. The lowest BCUT2D eigenvalue weighted by molar-refractivity contribution is -0.115. The number of allylic oxidation sites excluding steroid dienone is 2. The highest BCUT2D eigenvalue weighted by Gasteiger charge is 2.25. The van der Waals surface area contributed by atoms with Crippen LogP contribution in [0.15, 0.2) is 29.0 Å². The molecule has 0 amide bonds. The molecule has 0 aromatic carbocycles. The standard InChI is InChI=1S/C8H8BrN3O/c9-12-2-1-6-5(4-12)7(13)3-8(10)11-6/h1-2,4,8H,3,10H2. The first-order valence-corrected chi connectivity index (χ1v) is 4.59. The van der Waals surface area contributed by atoms with Crippen molar-refractivity contribution >= 4 is 27.6 Å². The third-order valence-electron chi connectivity index (χ3n) is 1.90. The van der Waals surface area contributed by atoms with Crippen molar-refractivity contribution in [3.05, 3.63) is 24.0 Å². The van der Waals surface area contributed by atoms with Crippen LogP contribution in [0.25, 0.3) is 0 Å². The molecule has 5 heteroatoms. The number of rotatable bonds is 0. The largest absolute Gasteiger partial charge is 0.309 e. The van der Waals surface area contributed by atoms with E-state index in [0.717, 1.165) is 0 Å². The number of carbonyl (C=O) groups excluding carboxylic acids is 1. The highest BCUT2D eigenvalue weighted by Crippen LogP contribution is 2.20. The molecule has 2 N–H and O–H groups in total. The van der Waals surface area contributed by atoms with E-state index in [4.69, 9.17) is 5.73 Å². The maximum Gasteiger partial charge on any atom is 0.170 e. The minimum absolute atomic E-state index is 0.0475. The Morgan fingerprint density at radius 1 is 1.69 bits per heavy atom. The Morgan fingerprint density at radius 2 is 2.46 bits per heavy atom. The second kappa shape index (κ2) is 3.08. The lowest BCUT2D eigenvalue weighted by atomic mass is 9.98. The zero-order chi connectivity index (χ0) is 9.42. The van der Waals surface area contributed by atoms with Crippen molar-refractivity contribution in [2.24, 2.45) is 10.7 Å². The van der Waals surface area contributed by atoms with Gasteiger partial charge in [-0.1, -0.05) is 0 Å². The van der Waals surface area contributed by atoms with Gasteiger partial charge in [0.25, 0.3) is 0 Å². The predicted octanol–water partition coefficient (Wildman–Crippen LogP) is 0.708. The van der Waals surface area contributed by atoms with Gasteiger partial charge in [-0.2, -0.15) is 0 Å². The van der Waals surface area contributed by atoms with Crippen LogP contribution in [0.5, 0.6) is 0 Å². The van der Waals surface area contributed by atoms with Crippen LogP contribution < -0.4 is 5.73 Å². The number of halogens is 1. The summed E-state index contributed by atoms with van der Waals surface area (Å²) in [5.74, 6) is 0.0475. The number of fused-ring (bicyclic) bond motifs is 1. The lowest BCUT2D eigenvalue weighted by Gasteiger charge is -2.21. The van der Waals surface area contributed by atoms with Crippen molar-refractivity contribution in [2.45, 2.75) is 12.6 Å². The molecule has 0 spiro atoms. The van der Waals surface area contributed by atoms with E-state index in [2.05, 4.69) is 21.1 Å². The maximum absolute atomic E-state index is 11.5. The summed E-state index contributed by atoms with van der Waals surface area (Å²) in [6.07, 6.45) is 5.15. The van der Waals surface area contributed by atoms with Crippen molar-refractivity contribution in [3.8, 4) is 0 Å². The Bertz CT molecular complexity index is 345. The molecule has 0 saturated heterocycles. The van der Waals surface area contributed by atoms with Gasteiger partial charge in [0.1, 0.15) is 6.17 Å². The Labute approximate surface area is 84.1 Å². The van der Waals surface area contributed by atoms with Gasteiger partial charge in [0, 0.05) is 18.8 Å². The number of hydrogen-bond acceptors (Lipinski definition) is 4. The molecule has 0 bridgehead atoms. The van der Waals surface area contributed by atoms with E-state index in [1.807, 2.05) is 0 Å². The molecule has 0 saturated carbocycles. The van der Waals surface area contributed by atoms with E-state index in [-0.39, 0.29) is 11.9 Å². The molecule has 1 atom stereocenters. The number of aliphatic imine (C=N–C) groups is 1. The van der Waals surface area contributed by atoms with Crippen LogP contribution in [-0.2, 0) is 4.79 Å². The third-order valence-corrected chi connectivity index (χ3v) is 2.34. The fraction of sp³-hybridized carbons (Fsp3) is 0.250. The molecule has 2 rings (SSSR count). The molecule has 2 heterocycles. The topological polar surface area (TPSA) is 58.7 Å². The molecule has 0 radical (unpaired) electrons. The van der Waals surface area contributed by atoms with Crippen molar-refractivity contribution < 1.29 is 4.79 Å². The zero-order valence-electron chi connectivity index (χ0n) is 6.77. The van der Waals surface area contributed by atoms with E-state index in [0.29, 0.717) is 17.7 Å². The minimum atomic E-state index is -0.383. The quantitative estimate of drug-likeness (QED) is 0.636. The van der Waals surface area contributed by atoms with E-state index >= 15 is 0 Å². The molecule has 2 aliphatic heterocycles. The molecule has 68 valence electrons. The van der Waals surface area contributed by atoms with Crippen LogP contribution in [0.2, 0.25) is 0 Å². The summed E-state index contributed by atoms with van der Waals surface area (Å²) in [7, 11) is 0. The summed E-state index contributed by atoms with van der Waals surface area (Å²) < 4.78 is 1.65. The molecule has 2 aliphatic rings. The van der Waals surface area contributed by atoms with Crippen LogP contribution in [0.3, 0.4) is 0 Å². The van der Waals surface area contributed by atoms with Crippen molar-refractivity contribution in [2.75, 3.05) is 0 Å². The first kappa shape index (κ1) is 8.65. The SMILES string of the molecule is NC1CC(=O)C2=CN(Br)C=CC2=N1. The highest BCUT2D eigenvalue weighted by molar-refractivity contribution is 9.07. The van der Waals surface area contributed by atoms with Gasteiger partial charge in [-0.15, -0.1) is 0 Å². The van der Waals surface area contributed by atoms with Gasteiger partial charge >= 0.3 is 0 Å². The lowest BCUT2D eigenvalue weighted by Crippen LogP contribution is -2.32. The smallest absolute Gasteiger partial charge is 0.170 e. The van der Waals surface area contributed by atoms with Crippen molar-refractivity contribution in [1.82, 2.24) is 3.93 Å². The zero-order valence-corrected chi connectivity index (χ0v) is 8.36. The van der Waals surface area contributed by atoms with E-state index in [1.165, 1.54) is 0 Å². The number of hydrogen-bond donors (Lipinski definition) is 1. The van der Waals surface area contributed by atoms with Gasteiger partial charge in [-0.05, 0) is 6.08 Å². The monoisotopic (exact) mass is 241 g/mol. The number of ketones is 1. The molecule has 0 aromatic rings. The third kappa shape index (κ3) is 1.57. The number of nitrogens with two attached hydrogens (primary N) is 1. The molecule has 4 nitrogen and oxygen atoms in total. The number of Topliss-reactive ketones (excluding diaryl/α,β-unsaturated/α-hetero) is 1. The molecule has 13 heavy (non-hydrogen) atoms. The Morgan fingerprint density at radius 3 is 3.23 bits per heavy atom. The Hall–Kier alpha value is -0.940. The van der Waals surface area contributed by atoms with Crippen molar-refractivity contribution in [3.63, 3.8) is 0 Å². The van der Waals surface area contributed by atoms with E-state index in [1.54, 1.807) is 22.4 Å². The van der Waals surface area contributed by atoms with Crippen LogP contribution in [0.1, 0.15) is 6.42 Å². The molecule has 0 aromatic heterocycles. The highest BCUT2D eigenvalue weighted by atomic mass is 79.9. The molecule has 0 aliphatic carbocycles. The van der Waals surface area contributed by atoms with E-state index in [9.17, 15) is 4.79 Å². The molecule has 0 fully saturated rings. The normalized spacial score (nSPS) is 26.8. The van der Waals surface area contributed by atoms with Crippen LogP contribution in [0, 0.1) is 0 Å². The summed E-state index contributed by atoms with van der Waals surface area (Å²) in [5, 5.41) is 0. The summed E-state index contributed by atoms with van der Waals surface area (Å²) in [6.45, 7) is 0. The van der Waals surface area contributed by atoms with Crippen LogP contribution in [0.4, 0.5) is 0 Å². The predicted molar refractivity (Wildman–Crippen MR) is 53.0 cm³/mol. The fourth-order valence-corrected chi connectivity index (χ4v) is 1.64. The van der Waals surface area contributed by atoms with Gasteiger partial charge in [0.2, 0.25) is 0 Å². The summed E-state index contributed by atoms with van der Waals surface area (Å²) in [6, 6.07) is 0.